The van der Waals surface area contributed by atoms with E-state index < -0.39 is 5.56 Å². The van der Waals surface area contributed by atoms with Crippen LogP contribution < -0.4 is 20.5 Å². The normalized spacial score (nSPS) is 16.1. The quantitative estimate of drug-likeness (QED) is 0.592. The maximum absolute atomic E-state index is 12.2. The number of aromatic nitrogens is 2. The van der Waals surface area contributed by atoms with Gasteiger partial charge in [-0.25, -0.2) is 0 Å². The van der Waals surface area contributed by atoms with Crippen molar-refractivity contribution in [2.45, 2.75) is 12.5 Å². The van der Waals surface area contributed by atoms with E-state index in [9.17, 15) is 15.0 Å². The predicted molar refractivity (Wildman–Crippen MR) is 96.8 cm³/mol. The lowest BCUT2D eigenvalue weighted by atomic mass is 9.99. The first kappa shape index (κ1) is 17.8. The molecule has 0 unspecified atom stereocenters. The molecule has 0 saturated carbocycles. The Labute approximate surface area is 153 Å². The van der Waals surface area contributed by atoms with Crippen LogP contribution in [-0.4, -0.2) is 39.7 Å². The topological polar surface area (TPSA) is 121 Å². The maximum Gasteiger partial charge on any atom is 0.264 e. The molecule has 0 radical (unpaired) electrons. The Kier molecular flexibility index (Phi) is 4.60. The standard InChI is InChI=1S/C16H18N4O5S/c1-20-15(23)12(14(22)17-16(20)26)9-6-8(18-19-9)7-4-10(24-2)13(21)11(5-7)25-3/h4-5,8,18,21,23H,6H2,1-3H3,(H,17,22,26)/t8-/m0/s1. The van der Waals surface area contributed by atoms with Crippen LogP contribution in [0.4, 0.5) is 0 Å². The molecule has 10 heteroatoms. The molecule has 4 N–H and O–H groups in total. The third-order valence-electron chi connectivity index (χ3n) is 4.24. The first-order chi connectivity index (χ1) is 12.4. The summed E-state index contributed by atoms with van der Waals surface area (Å²) in [5.74, 6) is 0.176. The average molecular weight is 378 g/mol. The molecule has 9 nitrogen and oxygen atoms in total. The van der Waals surface area contributed by atoms with Gasteiger partial charge in [0.1, 0.15) is 5.56 Å². The number of phenolic OH excluding ortho intramolecular Hbond substituents is 1. The van der Waals surface area contributed by atoms with Gasteiger partial charge in [-0.3, -0.25) is 14.3 Å². The number of rotatable bonds is 4. The summed E-state index contributed by atoms with van der Waals surface area (Å²) in [4.78, 5) is 14.7. The Bertz CT molecular complexity index is 986. The molecular formula is C16H18N4O5S. The number of hydrogen-bond donors (Lipinski definition) is 4. The fourth-order valence-electron chi connectivity index (χ4n) is 2.77. The van der Waals surface area contributed by atoms with Crippen LogP contribution in [-0.2, 0) is 7.05 Å². The number of hydrazone groups is 1. The lowest BCUT2D eigenvalue weighted by Gasteiger charge is -2.15. The van der Waals surface area contributed by atoms with E-state index in [0.29, 0.717) is 12.1 Å². The zero-order chi connectivity index (χ0) is 19.0. The van der Waals surface area contributed by atoms with Crippen LogP contribution in [0.3, 0.4) is 0 Å². The number of ether oxygens (including phenoxy) is 2. The van der Waals surface area contributed by atoms with Crippen molar-refractivity contribution in [3.05, 3.63) is 38.4 Å². The number of hydrogen-bond acceptors (Lipinski definition) is 8. The first-order valence-electron chi connectivity index (χ1n) is 7.67. The van der Waals surface area contributed by atoms with Crippen LogP contribution in [0.1, 0.15) is 23.6 Å². The molecule has 1 aliphatic rings. The Hall–Kier alpha value is -3.01. The summed E-state index contributed by atoms with van der Waals surface area (Å²) in [6.07, 6.45) is 0.338. The molecule has 0 saturated heterocycles. The zero-order valence-corrected chi connectivity index (χ0v) is 15.2. The van der Waals surface area contributed by atoms with Crippen molar-refractivity contribution in [1.82, 2.24) is 15.0 Å². The molecule has 0 fully saturated rings. The third kappa shape index (κ3) is 2.88. The molecule has 0 spiro atoms. The number of nitrogens with one attached hydrogen (secondary N) is 2. The molecule has 0 bridgehead atoms. The number of H-pyrrole nitrogens is 1. The van der Waals surface area contributed by atoms with Gasteiger partial charge in [0.05, 0.1) is 26.0 Å². The van der Waals surface area contributed by atoms with E-state index in [2.05, 4.69) is 15.5 Å². The minimum absolute atomic E-state index is 0.0637. The lowest BCUT2D eigenvalue weighted by molar-refractivity contribution is 0.338. The van der Waals surface area contributed by atoms with Gasteiger partial charge in [-0.1, -0.05) is 0 Å². The molecule has 1 aromatic carbocycles. The smallest absolute Gasteiger partial charge is 0.264 e. The monoisotopic (exact) mass is 378 g/mol. The highest BCUT2D eigenvalue weighted by molar-refractivity contribution is 7.71. The molecule has 3 rings (SSSR count). The van der Waals surface area contributed by atoms with Crippen LogP contribution >= 0.6 is 12.2 Å². The molecule has 2 aromatic rings. The second-order valence-electron chi connectivity index (χ2n) is 5.74. The van der Waals surface area contributed by atoms with Gasteiger partial charge in [0.2, 0.25) is 11.6 Å². The molecule has 2 heterocycles. The van der Waals surface area contributed by atoms with Gasteiger partial charge in [-0.2, -0.15) is 5.10 Å². The molecular weight excluding hydrogens is 360 g/mol. The summed E-state index contributed by atoms with van der Waals surface area (Å²) >= 11 is 4.97. The molecule has 0 aliphatic carbocycles. The van der Waals surface area contributed by atoms with Gasteiger partial charge in [0.25, 0.3) is 5.56 Å². The molecule has 26 heavy (non-hydrogen) atoms. The third-order valence-corrected chi connectivity index (χ3v) is 4.62. The van der Waals surface area contributed by atoms with Crippen molar-refractivity contribution in [1.29, 1.82) is 0 Å². The summed E-state index contributed by atoms with van der Waals surface area (Å²) in [6, 6.07) is 3.02. The van der Waals surface area contributed by atoms with Gasteiger partial charge >= 0.3 is 0 Å². The first-order valence-corrected chi connectivity index (χ1v) is 8.07. The summed E-state index contributed by atoms with van der Waals surface area (Å²) < 4.78 is 11.7. The largest absolute Gasteiger partial charge is 0.502 e. The Morgan fingerprint density at radius 1 is 1.27 bits per heavy atom. The number of benzene rings is 1. The fraction of sp³-hybridized carbons (Fsp3) is 0.312. The predicted octanol–water partition coefficient (Wildman–Crippen LogP) is 1.31. The van der Waals surface area contributed by atoms with Crippen LogP contribution in [0.25, 0.3) is 0 Å². The van der Waals surface area contributed by atoms with Gasteiger partial charge in [0, 0.05) is 13.5 Å². The highest BCUT2D eigenvalue weighted by Crippen LogP contribution is 2.40. The number of aromatic amines is 1. The molecule has 1 aromatic heterocycles. The molecule has 138 valence electrons. The minimum atomic E-state index is -0.507. The minimum Gasteiger partial charge on any atom is -0.502 e. The van der Waals surface area contributed by atoms with E-state index in [1.54, 1.807) is 19.2 Å². The van der Waals surface area contributed by atoms with E-state index in [0.717, 1.165) is 5.56 Å². The number of nitrogens with zero attached hydrogens (tertiary/aromatic N) is 2. The Morgan fingerprint density at radius 3 is 2.46 bits per heavy atom. The van der Waals surface area contributed by atoms with Gasteiger partial charge in [0.15, 0.2) is 16.3 Å². The van der Waals surface area contributed by atoms with Crippen molar-refractivity contribution in [3.63, 3.8) is 0 Å². The second-order valence-corrected chi connectivity index (χ2v) is 6.12. The molecule has 1 aliphatic heterocycles. The average Bonchev–Trinajstić information content (AvgIpc) is 3.09. The number of methoxy groups -OCH3 is 2. The van der Waals surface area contributed by atoms with E-state index in [1.807, 2.05) is 0 Å². The van der Waals surface area contributed by atoms with Crippen LogP contribution in [0.5, 0.6) is 23.1 Å². The van der Waals surface area contributed by atoms with Crippen molar-refractivity contribution < 1.29 is 19.7 Å². The summed E-state index contributed by atoms with van der Waals surface area (Å²) in [5.41, 5.74) is 3.62. The van der Waals surface area contributed by atoms with E-state index >= 15 is 0 Å². The van der Waals surface area contributed by atoms with E-state index in [4.69, 9.17) is 21.7 Å². The van der Waals surface area contributed by atoms with Crippen molar-refractivity contribution >= 4 is 17.9 Å². The van der Waals surface area contributed by atoms with Crippen molar-refractivity contribution in [3.8, 4) is 23.1 Å². The zero-order valence-electron chi connectivity index (χ0n) is 14.4. The lowest BCUT2D eigenvalue weighted by Crippen LogP contribution is -2.21. The van der Waals surface area contributed by atoms with Gasteiger partial charge in [-0.15, -0.1) is 0 Å². The highest BCUT2D eigenvalue weighted by Gasteiger charge is 2.27. The Morgan fingerprint density at radius 2 is 1.88 bits per heavy atom. The summed E-state index contributed by atoms with van der Waals surface area (Å²) in [6.45, 7) is 0. The van der Waals surface area contributed by atoms with Crippen LogP contribution in [0.15, 0.2) is 22.0 Å². The number of phenols is 1. The van der Waals surface area contributed by atoms with Crippen LogP contribution in [0.2, 0.25) is 0 Å². The van der Waals surface area contributed by atoms with E-state index in [-0.39, 0.29) is 39.5 Å². The summed E-state index contributed by atoms with van der Waals surface area (Å²) in [5, 5.41) is 24.5. The van der Waals surface area contributed by atoms with E-state index in [1.165, 1.54) is 18.8 Å². The van der Waals surface area contributed by atoms with Gasteiger partial charge in [-0.05, 0) is 29.9 Å². The molecule has 1 atom stereocenters. The number of aromatic hydroxyl groups is 2. The Balaban J connectivity index is 1.96. The van der Waals surface area contributed by atoms with Crippen LogP contribution in [0, 0.1) is 4.77 Å². The van der Waals surface area contributed by atoms with Crippen molar-refractivity contribution in [2.75, 3.05) is 14.2 Å². The van der Waals surface area contributed by atoms with Crippen molar-refractivity contribution in [2.24, 2.45) is 12.1 Å². The maximum atomic E-state index is 12.2. The van der Waals surface area contributed by atoms with Gasteiger partial charge < -0.3 is 25.1 Å². The SMILES string of the molecule is COc1cc([C@@H]2CC(c3c(O)n(C)c(=S)[nH]c3=O)=NN2)cc(OC)c1O. The summed E-state index contributed by atoms with van der Waals surface area (Å²) in [7, 11) is 4.43. The highest BCUT2D eigenvalue weighted by atomic mass is 32.1. The second kappa shape index (κ2) is 6.71. The molecule has 0 amide bonds. The fourth-order valence-corrected chi connectivity index (χ4v) is 2.95.